The van der Waals surface area contributed by atoms with Gasteiger partial charge in [0.25, 0.3) is 11.8 Å². The molecular formula is C36H44N8O4S. The number of nitrogens with one attached hydrogen (secondary N) is 3. The summed E-state index contributed by atoms with van der Waals surface area (Å²) < 4.78 is 1.52. The first kappa shape index (κ1) is 35.4. The van der Waals surface area contributed by atoms with Crippen LogP contribution in [0.25, 0.3) is 0 Å². The van der Waals surface area contributed by atoms with Crippen LogP contribution in [0.15, 0.2) is 66.0 Å². The van der Waals surface area contributed by atoms with E-state index in [4.69, 9.17) is 0 Å². The normalized spacial score (nSPS) is 19.4. The van der Waals surface area contributed by atoms with E-state index in [1.165, 1.54) is 20.9 Å². The van der Waals surface area contributed by atoms with Crippen LogP contribution in [0.5, 0.6) is 0 Å². The molecule has 258 valence electrons. The first-order valence-electron chi connectivity index (χ1n) is 16.6. The molecule has 4 aromatic rings. The Hall–Kier alpha value is -4.91. The highest BCUT2D eigenvalue weighted by Gasteiger charge is 2.30. The maximum atomic E-state index is 13.8. The smallest absolute Gasteiger partial charge is 0.271 e. The number of benzene rings is 2. The number of aryl methyl sites for hydroxylation is 1. The molecule has 0 radical (unpaired) electrons. The maximum Gasteiger partial charge on any atom is 0.271 e. The fourth-order valence-electron chi connectivity index (χ4n) is 5.82. The highest BCUT2D eigenvalue weighted by atomic mass is 32.1. The molecule has 0 fully saturated rings. The summed E-state index contributed by atoms with van der Waals surface area (Å²) in [7, 11) is 0. The van der Waals surface area contributed by atoms with Gasteiger partial charge in [0.2, 0.25) is 11.8 Å². The molecule has 1 aliphatic rings. The number of rotatable bonds is 6. The van der Waals surface area contributed by atoms with Gasteiger partial charge in [0.1, 0.15) is 23.1 Å². The van der Waals surface area contributed by atoms with Crippen LogP contribution < -0.4 is 16.0 Å². The van der Waals surface area contributed by atoms with Crippen molar-refractivity contribution in [2.24, 2.45) is 11.8 Å². The minimum atomic E-state index is -0.626. The fourth-order valence-corrected chi connectivity index (χ4v) is 6.69. The number of aromatic nitrogens is 4. The van der Waals surface area contributed by atoms with E-state index in [1.54, 1.807) is 36.6 Å². The zero-order valence-electron chi connectivity index (χ0n) is 28.6. The van der Waals surface area contributed by atoms with Gasteiger partial charge in [-0.15, -0.1) is 11.3 Å². The standard InChI is InChI=1S/C36H44N8O4S/c1-22(2)16-28-35-41-30(21-49-35)34(47)40-27(17-25-12-8-6-9-13-25)33-37-24(5)42-44(33)20-32(46)39-29(23(3)4)18-43(19-31(45)38-28)36(48)26-14-10-7-11-15-26/h6-15,21-23,27-29H,16-20H2,1-5H3,(H,38,45)(H,39,46)(H,40,47)/t27-,28-,29+/m0/s1. The van der Waals surface area contributed by atoms with Crippen molar-refractivity contribution in [3.63, 3.8) is 0 Å². The van der Waals surface area contributed by atoms with Crippen LogP contribution in [-0.2, 0) is 22.6 Å². The number of carbonyl (C=O) groups is 4. The lowest BCUT2D eigenvalue weighted by Crippen LogP contribution is -2.51. The molecule has 49 heavy (non-hydrogen) atoms. The lowest BCUT2D eigenvalue weighted by atomic mass is 10.0. The summed E-state index contributed by atoms with van der Waals surface area (Å²) in [6.07, 6.45) is 0.983. The average Bonchev–Trinajstić information content (AvgIpc) is 3.70. The van der Waals surface area contributed by atoms with E-state index in [2.05, 4.69) is 31.0 Å². The molecule has 0 saturated carbocycles. The molecule has 2 bridgehead atoms. The van der Waals surface area contributed by atoms with Crippen molar-refractivity contribution in [2.75, 3.05) is 13.1 Å². The van der Waals surface area contributed by atoms with Crippen LogP contribution in [0.3, 0.4) is 0 Å². The van der Waals surface area contributed by atoms with Crippen LogP contribution >= 0.6 is 11.3 Å². The highest BCUT2D eigenvalue weighted by molar-refractivity contribution is 7.09. The van der Waals surface area contributed by atoms with E-state index in [0.717, 1.165) is 5.56 Å². The highest BCUT2D eigenvalue weighted by Crippen LogP contribution is 2.26. The first-order chi connectivity index (χ1) is 23.5. The molecule has 2 aromatic carbocycles. The average molecular weight is 685 g/mol. The van der Waals surface area contributed by atoms with Gasteiger partial charge in [0.05, 0.1) is 18.6 Å². The quantitative estimate of drug-likeness (QED) is 0.275. The Balaban J connectivity index is 1.56. The molecule has 0 aliphatic carbocycles. The number of hydrogen-bond acceptors (Lipinski definition) is 8. The summed E-state index contributed by atoms with van der Waals surface area (Å²) in [6, 6.07) is 16.9. The van der Waals surface area contributed by atoms with Crippen molar-refractivity contribution in [3.8, 4) is 0 Å². The molecule has 4 amide bonds. The Labute approximate surface area is 290 Å². The third-order valence-corrected chi connectivity index (χ3v) is 9.26. The number of hydrogen-bond donors (Lipinski definition) is 3. The lowest BCUT2D eigenvalue weighted by Gasteiger charge is -2.31. The predicted molar refractivity (Wildman–Crippen MR) is 187 cm³/mol. The molecule has 5 rings (SSSR count). The summed E-state index contributed by atoms with van der Waals surface area (Å²) in [5, 5.41) is 16.1. The Morgan fingerprint density at radius 1 is 0.878 bits per heavy atom. The summed E-state index contributed by atoms with van der Waals surface area (Å²) in [5.41, 5.74) is 1.62. The van der Waals surface area contributed by atoms with Gasteiger partial charge in [-0.1, -0.05) is 76.2 Å². The number of nitrogens with zero attached hydrogens (tertiary/aromatic N) is 5. The van der Waals surface area contributed by atoms with Crippen molar-refractivity contribution < 1.29 is 19.2 Å². The van der Waals surface area contributed by atoms with E-state index < -0.39 is 24.0 Å². The van der Waals surface area contributed by atoms with Crippen molar-refractivity contribution in [3.05, 3.63) is 99.5 Å². The van der Waals surface area contributed by atoms with Crippen molar-refractivity contribution in [1.82, 2.24) is 40.6 Å². The third-order valence-electron chi connectivity index (χ3n) is 8.30. The molecule has 12 nitrogen and oxygen atoms in total. The van der Waals surface area contributed by atoms with Crippen molar-refractivity contribution >= 4 is 35.0 Å². The second kappa shape index (κ2) is 16.0. The van der Waals surface area contributed by atoms with E-state index in [1.807, 2.05) is 64.1 Å². The zero-order chi connectivity index (χ0) is 35.1. The zero-order valence-corrected chi connectivity index (χ0v) is 29.4. The molecule has 0 spiro atoms. The summed E-state index contributed by atoms with van der Waals surface area (Å²) in [6.45, 7) is 9.47. The van der Waals surface area contributed by atoms with Gasteiger partial charge in [-0.3, -0.25) is 19.2 Å². The van der Waals surface area contributed by atoms with Crippen LogP contribution in [0.4, 0.5) is 0 Å². The summed E-state index contributed by atoms with van der Waals surface area (Å²) >= 11 is 1.30. The molecule has 3 N–H and O–H groups in total. The minimum absolute atomic E-state index is 0.0758. The number of thiazole rings is 1. The van der Waals surface area contributed by atoms with Crippen molar-refractivity contribution in [2.45, 2.75) is 72.1 Å². The first-order valence-corrected chi connectivity index (χ1v) is 17.5. The van der Waals surface area contributed by atoms with E-state index >= 15 is 0 Å². The molecular weight excluding hydrogens is 641 g/mol. The van der Waals surface area contributed by atoms with Gasteiger partial charge in [-0.2, -0.15) is 5.10 Å². The SMILES string of the molecule is Cc1nc2n(n1)CC(=O)N[C@@H](C(C)C)CN(C(=O)c1ccccc1)CC(=O)N[C@@H](CC(C)C)c1nc(cs1)C(=O)N[C@H]2Cc1ccccc1. The van der Waals surface area contributed by atoms with Gasteiger partial charge < -0.3 is 20.9 Å². The topological polar surface area (TPSA) is 151 Å². The molecule has 0 unspecified atom stereocenters. The molecule has 2 aromatic heterocycles. The third kappa shape index (κ3) is 9.38. The molecule has 1 aliphatic heterocycles. The van der Waals surface area contributed by atoms with Crippen LogP contribution in [-0.4, -0.2) is 67.4 Å². The summed E-state index contributed by atoms with van der Waals surface area (Å²) in [5.74, 6) is -0.409. The second-order valence-electron chi connectivity index (χ2n) is 13.2. The molecule has 0 saturated heterocycles. The van der Waals surface area contributed by atoms with Gasteiger partial charge in [-0.05, 0) is 49.3 Å². The maximum absolute atomic E-state index is 13.8. The Kier molecular flexibility index (Phi) is 11.6. The Morgan fingerprint density at radius 3 is 2.22 bits per heavy atom. The van der Waals surface area contributed by atoms with Gasteiger partial charge in [0, 0.05) is 23.5 Å². The largest absolute Gasteiger partial charge is 0.350 e. The van der Waals surface area contributed by atoms with Gasteiger partial charge in [0.15, 0.2) is 5.82 Å². The molecule has 13 heteroatoms. The molecule has 3 heterocycles. The van der Waals surface area contributed by atoms with Crippen LogP contribution in [0, 0.1) is 18.8 Å². The summed E-state index contributed by atoms with van der Waals surface area (Å²) in [4.78, 5) is 65.7. The van der Waals surface area contributed by atoms with E-state index in [0.29, 0.717) is 35.1 Å². The lowest BCUT2D eigenvalue weighted by molar-refractivity contribution is -0.123. The minimum Gasteiger partial charge on any atom is -0.350 e. The van der Waals surface area contributed by atoms with Crippen LogP contribution in [0.2, 0.25) is 0 Å². The van der Waals surface area contributed by atoms with E-state index in [9.17, 15) is 19.2 Å². The number of amides is 4. The van der Waals surface area contributed by atoms with Crippen LogP contribution in [0.1, 0.15) is 89.3 Å². The predicted octanol–water partition coefficient (Wildman–Crippen LogP) is 4.26. The number of fused-ring (bicyclic) bond motifs is 3. The Morgan fingerprint density at radius 2 is 1.55 bits per heavy atom. The number of carbonyl (C=O) groups excluding carboxylic acids is 4. The second-order valence-corrected chi connectivity index (χ2v) is 14.1. The molecule has 3 atom stereocenters. The van der Waals surface area contributed by atoms with Gasteiger partial charge >= 0.3 is 0 Å². The van der Waals surface area contributed by atoms with E-state index in [-0.39, 0.29) is 54.9 Å². The van der Waals surface area contributed by atoms with Gasteiger partial charge in [-0.25, -0.2) is 14.6 Å². The Bertz CT molecular complexity index is 1750. The fraction of sp³-hybridized carbons (Fsp3) is 0.417. The van der Waals surface area contributed by atoms with Crippen molar-refractivity contribution in [1.29, 1.82) is 0 Å². The monoisotopic (exact) mass is 684 g/mol.